The SMILES string of the molecule is CC1(C)c2ccccc2-c2cc(-c3cc(-c4ccccc4)cc(-c4nc(-c5ccc(-c6ccccc6)cc5)nc(-c5ccc6ccccc6c5)n4)c3-c3ccccc3)ccc21. The van der Waals surface area contributed by atoms with E-state index in [1.165, 1.54) is 33.2 Å². The minimum atomic E-state index is -0.0937. The third-order valence-corrected chi connectivity index (χ3v) is 12.3. The summed E-state index contributed by atoms with van der Waals surface area (Å²) in [5.74, 6) is 1.86. The van der Waals surface area contributed by atoms with E-state index < -0.39 is 0 Å². The molecule has 1 heterocycles. The number of nitrogens with zero attached hydrogens (tertiary/aromatic N) is 3. The van der Waals surface area contributed by atoms with Crippen LogP contribution in [-0.4, -0.2) is 15.0 Å². The number of fused-ring (bicyclic) bond motifs is 4. The minimum absolute atomic E-state index is 0.0937. The molecule has 1 aliphatic rings. The molecule has 0 bridgehead atoms. The highest BCUT2D eigenvalue weighted by Crippen LogP contribution is 2.51. The highest BCUT2D eigenvalue weighted by molar-refractivity contribution is 5.98. The van der Waals surface area contributed by atoms with E-state index in [9.17, 15) is 0 Å². The normalized spacial score (nSPS) is 12.6. The Kier molecular flexibility index (Phi) is 8.82. The van der Waals surface area contributed by atoms with Crippen LogP contribution in [0.2, 0.25) is 0 Å². The van der Waals surface area contributed by atoms with Crippen molar-refractivity contribution in [1.82, 2.24) is 15.0 Å². The zero-order chi connectivity index (χ0) is 40.9. The van der Waals surface area contributed by atoms with E-state index in [0.29, 0.717) is 17.5 Å². The molecule has 0 saturated carbocycles. The Morgan fingerprint density at radius 1 is 0.279 bits per heavy atom. The smallest absolute Gasteiger partial charge is 0.164 e. The summed E-state index contributed by atoms with van der Waals surface area (Å²) < 4.78 is 0. The number of rotatable bonds is 7. The first-order valence-corrected chi connectivity index (χ1v) is 20.9. The maximum Gasteiger partial charge on any atom is 0.164 e. The monoisotopic (exact) mass is 779 g/mol. The maximum atomic E-state index is 5.41. The molecule has 10 aromatic rings. The van der Waals surface area contributed by atoms with Gasteiger partial charge in [0.15, 0.2) is 17.5 Å². The van der Waals surface area contributed by atoms with Crippen LogP contribution in [0.4, 0.5) is 0 Å². The van der Waals surface area contributed by atoms with Gasteiger partial charge in [-0.2, -0.15) is 0 Å². The standard InChI is InChI=1S/C58H41N3/c1-58(2)52-25-15-14-24-48(52)50-35-45(32-33-53(50)58)49-36-47(39-18-8-4-9-19-39)37-51(54(49)42-21-10-5-11-22-42)57-60-55(43-29-26-41(27-30-43)38-16-6-3-7-17-38)59-56(61-57)46-31-28-40-20-12-13-23-44(40)34-46/h3-37H,1-2H3. The summed E-state index contributed by atoms with van der Waals surface area (Å²) in [5.41, 5.74) is 16.9. The molecular weight excluding hydrogens is 739 g/mol. The van der Waals surface area contributed by atoms with Gasteiger partial charge in [-0.05, 0) is 96.2 Å². The lowest BCUT2D eigenvalue weighted by atomic mass is 9.81. The van der Waals surface area contributed by atoms with Crippen molar-refractivity contribution in [3.05, 3.63) is 223 Å². The average Bonchev–Trinajstić information content (AvgIpc) is 3.56. The number of hydrogen-bond acceptors (Lipinski definition) is 3. The van der Waals surface area contributed by atoms with Gasteiger partial charge in [0.25, 0.3) is 0 Å². The molecule has 0 radical (unpaired) electrons. The van der Waals surface area contributed by atoms with Gasteiger partial charge in [-0.3, -0.25) is 0 Å². The summed E-state index contributed by atoms with van der Waals surface area (Å²) in [7, 11) is 0. The van der Waals surface area contributed by atoms with Gasteiger partial charge in [0.2, 0.25) is 0 Å². The van der Waals surface area contributed by atoms with Crippen LogP contribution in [0.1, 0.15) is 25.0 Å². The molecule has 288 valence electrons. The van der Waals surface area contributed by atoms with E-state index in [0.717, 1.165) is 61.0 Å². The van der Waals surface area contributed by atoms with Gasteiger partial charge in [0.1, 0.15) is 0 Å². The summed E-state index contributed by atoms with van der Waals surface area (Å²) in [5, 5.41) is 2.31. The molecule has 0 aliphatic heterocycles. The lowest BCUT2D eigenvalue weighted by molar-refractivity contribution is 0.660. The van der Waals surface area contributed by atoms with Crippen LogP contribution in [0, 0.1) is 0 Å². The predicted molar refractivity (Wildman–Crippen MR) is 253 cm³/mol. The molecule has 1 aliphatic carbocycles. The summed E-state index contributed by atoms with van der Waals surface area (Å²) in [6.07, 6.45) is 0. The van der Waals surface area contributed by atoms with Crippen LogP contribution >= 0.6 is 0 Å². The maximum absolute atomic E-state index is 5.41. The van der Waals surface area contributed by atoms with Crippen LogP contribution in [0.5, 0.6) is 0 Å². The Labute approximate surface area is 356 Å². The topological polar surface area (TPSA) is 38.7 Å². The van der Waals surface area contributed by atoms with Crippen molar-refractivity contribution in [1.29, 1.82) is 0 Å². The van der Waals surface area contributed by atoms with E-state index in [1.54, 1.807) is 0 Å². The van der Waals surface area contributed by atoms with Gasteiger partial charge in [-0.25, -0.2) is 15.0 Å². The second kappa shape index (κ2) is 14.8. The van der Waals surface area contributed by atoms with Crippen LogP contribution in [0.3, 0.4) is 0 Å². The highest BCUT2D eigenvalue weighted by Gasteiger charge is 2.35. The predicted octanol–water partition coefficient (Wildman–Crippen LogP) is 15.0. The lowest BCUT2D eigenvalue weighted by Crippen LogP contribution is -2.14. The zero-order valence-corrected chi connectivity index (χ0v) is 34.0. The largest absolute Gasteiger partial charge is 0.208 e. The fourth-order valence-electron chi connectivity index (χ4n) is 9.17. The van der Waals surface area contributed by atoms with Crippen LogP contribution in [-0.2, 0) is 5.41 Å². The van der Waals surface area contributed by atoms with Crippen molar-refractivity contribution in [2.24, 2.45) is 0 Å². The Hall–Kier alpha value is -7.75. The summed E-state index contributed by atoms with van der Waals surface area (Å²) in [4.78, 5) is 16.0. The van der Waals surface area contributed by atoms with Crippen LogP contribution in [0.15, 0.2) is 212 Å². The first-order valence-electron chi connectivity index (χ1n) is 20.9. The molecule has 61 heavy (non-hydrogen) atoms. The van der Waals surface area contributed by atoms with E-state index in [4.69, 9.17) is 15.0 Å². The molecule has 0 saturated heterocycles. The van der Waals surface area contributed by atoms with Crippen molar-refractivity contribution in [2.75, 3.05) is 0 Å². The fourth-order valence-corrected chi connectivity index (χ4v) is 9.17. The first-order chi connectivity index (χ1) is 30.0. The van der Waals surface area contributed by atoms with Crippen molar-refractivity contribution in [3.8, 4) is 89.8 Å². The molecule has 0 N–H and O–H groups in total. The van der Waals surface area contributed by atoms with Crippen LogP contribution in [0.25, 0.3) is 101 Å². The van der Waals surface area contributed by atoms with Crippen molar-refractivity contribution in [2.45, 2.75) is 19.3 Å². The van der Waals surface area contributed by atoms with E-state index >= 15 is 0 Å². The number of aromatic nitrogens is 3. The third-order valence-electron chi connectivity index (χ3n) is 12.3. The molecule has 3 nitrogen and oxygen atoms in total. The van der Waals surface area contributed by atoms with Crippen molar-refractivity contribution in [3.63, 3.8) is 0 Å². The number of benzene rings is 9. The van der Waals surface area contributed by atoms with E-state index in [2.05, 4.69) is 220 Å². The Balaban J connectivity index is 1.18. The zero-order valence-electron chi connectivity index (χ0n) is 34.0. The Bertz CT molecular complexity index is 3240. The fraction of sp³-hybridized carbons (Fsp3) is 0.0517. The third kappa shape index (κ3) is 6.52. The van der Waals surface area contributed by atoms with E-state index in [-0.39, 0.29) is 5.41 Å². The molecule has 11 rings (SSSR count). The molecule has 0 fully saturated rings. The van der Waals surface area contributed by atoms with Gasteiger partial charge >= 0.3 is 0 Å². The molecule has 0 unspecified atom stereocenters. The molecule has 1 aromatic heterocycles. The first kappa shape index (κ1) is 36.3. The van der Waals surface area contributed by atoms with Gasteiger partial charge in [-0.1, -0.05) is 202 Å². The molecule has 3 heteroatoms. The number of hydrogen-bond donors (Lipinski definition) is 0. The van der Waals surface area contributed by atoms with Gasteiger partial charge < -0.3 is 0 Å². The molecule has 0 atom stereocenters. The lowest BCUT2D eigenvalue weighted by Gasteiger charge is -2.22. The Morgan fingerprint density at radius 2 is 0.754 bits per heavy atom. The molecule has 0 spiro atoms. The Morgan fingerprint density at radius 3 is 1.48 bits per heavy atom. The summed E-state index contributed by atoms with van der Waals surface area (Å²) in [6, 6.07) is 75.8. The average molecular weight is 780 g/mol. The minimum Gasteiger partial charge on any atom is -0.208 e. The van der Waals surface area contributed by atoms with Gasteiger partial charge in [0, 0.05) is 27.7 Å². The van der Waals surface area contributed by atoms with Crippen molar-refractivity contribution < 1.29 is 0 Å². The molecule has 9 aromatic carbocycles. The van der Waals surface area contributed by atoms with Crippen LogP contribution < -0.4 is 0 Å². The van der Waals surface area contributed by atoms with Crippen molar-refractivity contribution >= 4 is 10.8 Å². The molecular formula is C58H41N3. The van der Waals surface area contributed by atoms with E-state index in [1.807, 2.05) is 6.07 Å². The quantitative estimate of drug-likeness (QED) is 0.162. The molecule has 0 amide bonds. The summed E-state index contributed by atoms with van der Waals surface area (Å²) >= 11 is 0. The second-order valence-electron chi connectivity index (χ2n) is 16.4. The second-order valence-corrected chi connectivity index (χ2v) is 16.4. The van der Waals surface area contributed by atoms with Gasteiger partial charge in [0.05, 0.1) is 0 Å². The summed E-state index contributed by atoms with van der Waals surface area (Å²) in [6.45, 7) is 4.67. The van der Waals surface area contributed by atoms with Gasteiger partial charge in [-0.15, -0.1) is 0 Å². The highest BCUT2D eigenvalue weighted by atomic mass is 15.0.